The lowest BCUT2D eigenvalue weighted by atomic mass is 10.1. The molecule has 0 unspecified atom stereocenters. The highest BCUT2D eigenvalue weighted by Gasteiger charge is 2.27. The van der Waals surface area contributed by atoms with E-state index in [-0.39, 0.29) is 0 Å². The van der Waals surface area contributed by atoms with Crippen LogP contribution in [0.5, 0.6) is 0 Å². The first-order valence-electron chi connectivity index (χ1n) is 3.84. The molecule has 5 nitrogen and oxygen atoms in total. The van der Waals surface area contributed by atoms with Gasteiger partial charge in [0.2, 0.25) is 0 Å². The van der Waals surface area contributed by atoms with Gasteiger partial charge in [-0.1, -0.05) is 11.6 Å². The van der Waals surface area contributed by atoms with E-state index in [1.807, 2.05) is 0 Å². The minimum absolute atomic E-state index is 0.672. The minimum Gasteiger partial charge on any atom is -0.397 e. The van der Waals surface area contributed by atoms with Gasteiger partial charge in [-0.25, -0.2) is 8.78 Å². The number of halogens is 3. The van der Waals surface area contributed by atoms with E-state index in [1.165, 1.54) is 0 Å². The molecule has 0 fully saturated rings. The Morgan fingerprint density at radius 3 is 1.81 bits per heavy atom. The van der Waals surface area contributed by atoms with Gasteiger partial charge in [0.25, 0.3) is 11.8 Å². The van der Waals surface area contributed by atoms with Gasteiger partial charge in [0.15, 0.2) is 11.6 Å². The number of carbonyl (C=O) groups excluding carboxylic acids is 2. The Morgan fingerprint density at radius 2 is 1.44 bits per heavy atom. The molecule has 0 aromatic heterocycles. The fourth-order valence-corrected chi connectivity index (χ4v) is 1.32. The third-order valence-electron chi connectivity index (χ3n) is 1.85. The molecule has 0 saturated carbocycles. The standard InChI is InChI=1S/C8H6ClF2N3O2/c9-3-5(11)1(7(13)15)4(10)2(6(3)12)8(14)16/h12H2,(H2,13,15)(H2,14,16). The van der Waals surface area contributed by atoms with Gasteiger partial charge in [0.05, 0.1) is 5.69 Å². The summed E-state index contributed by atoms with van der Waals surface area (Å²) in [6.45, 7) is 0. The normalized spacial score (nSPS) is 10.2. The van der Waals surface area contributed by atoms with E-state index in [1.54, 1.807) is 0 Å². The van der Waals surface area contributed by atoms with Crippen LogP contribution in [-0.2, 0) is 0 Å². The van der Waals surface area contributed by atoms with Gasteiger partial charge >= 0.3 is 0 Å². The number of carbonyl (C=O) groups is 2. The number of hydrogen-bond acceptors (Lipinski definition) is 3. The number of anilines is 1. The van der Waals surface area contributed by atoms with Crippen molar-refractivity contribution in [3.8, 4) is 0 Å². The number of benzene rings is 1. The van der Waals surface area contributed by atoms with E-state index in [4.69, 9.17) is 28.8 Å². The van der Waals surface area contributed by atoms with Crippen molar-refractivity contribution in [3.63, 3.8) is 0 Å². The van der Waals surface area contributed by atoms with Crippen LogP contribution < -0.4 is 17.2 Å². The first kappa shape index (κ1) is 12.2. The molecule has 0 aliphatic heterocycles. The molecule has 1 aromatic rings. The third kappa shape index (κ3) is 1.65. The second-order valence-electron chi connectivity index (χ2n) is 2.83. The number of nitrogens with two attached hydrogens (primary N) is 3. The van der Waals surface area contributed by atoms with Crippen LogP contribution in [0.25, 0.3) is 0 Å². The molecule has 0 saturated heterocycles. The largest absolute Gasteiger partial charge is 0.397 e. The molecule has 86 valence electrons. The van der Waals surface area contributed by atoms with E-state index in [2.05, 4.69) is 0 Å². The predicted octanol–water partition coefficient (Wildman–Crippen LogP) is 0.398. The predicted molar refractivity (Wildman–Crippen MR) is 52.8 cm³/mol. The molecule has 0 radical (unpaired) electrons. The maximum Gasteiger partial charge on any atom is 0.254 e. The lowest BCUT2D eigenvalue weighted by Gasteiger charge is -2.10. The fraction of sp³-hybridized carbons (Fsp3) is 0. The highest BCUT2D eigenvalue weighted by Crippen LogP contribution is 2.31. The monoisotopic (exact) mass is 249 g/mol. The lowest BCUT2D eigenvalue weighted by Crippen LogP contribution is -2.23. The SMILES string of the molecule is NC(=O)c1c(N)c(Cl)c(F)c(C(N)=O)c1F. The van der Waals surface area contributed by atoms with Gasteiger partial charge in [-0.15, -0.1) is 0 Å². The molecular formula is C8H6ClF2N3O2. The van der Waals surface area contributed by atoms with Gasteiger partial charge < -0.3 is 17.2 Å². The highest BCUT2D eigenvalue weighted by molar-refractivity contribution is 6.34. The minimum atomic E-state index is -1.51. The van der Waals surface area contributed by atoms with Crippen molar-refractivity contribution in [2.45, 2.75) is 0 Å². The van der Waals surface area contributed by atoms with E-state index in [0.717, 1.165) is 0 Å². The Morgan fingerprint density at radius 1 is 1.00 bits per heavy atom. The zero-order chi connectivity index (χ0) is 12.6. The molecule has 0 aliphatic carbocycles. The van der Waals surface area contributed by atoms with Gasteiger partial charge in [-0.2, -0.15) is 0 Å². The van der Waals surface area contributed by atoms with Gasteiger partial charge in [-0.3, -0.25) is 9.59 Å². The van der Waals surface area contributed by atoms with E-state index in [0.29, 0.717) is 0 Å². The van der Waals surface area contributed by atoms with Crippen molar-refractivity contribution in [3.05, 3.63) is 27.8 Å². The maximum atomic E-state index is 13.5. The first-order chi connectivity index (χ1) is 7.29. The van der Waals surface area contributed by atoms with Crippen molar-refractivity contribution in [1.29, 1.82) is 0 Å². The van der Waals surface area contributed by atoms with Crippen molar-refractivity contribution in [2.75, 3.05) is 5.73 Å². The average Bonchev–Trinajstić information content (AvgIpc) is 2.13. The summed E-state index contributed by atoms with van der Waals surface area (Å²) < 4.78 is 26.8. The number of amides is 2. The van der Waals surface area contributed by atoms with Crippen LogP contribution in [0.1, 0.15) is 20.7 Å². The van der Waals surface area contributed by atoms with Crippen LogP contribution in [0.4, 0.5) is 14.5 Å². The quantitative estimate of drug-likeness (QED) is 0.521. The van der Waals surface area contributed by atoms with Crippen molar-refractivity contribution < 1.29 is 18.4 Å². The maximum absolute atomic E-state index is 13.5. The molecule has 8 heteroatoms. The number of primary amides is 2. The third-order valence-corrected chi connectivity index (χ3v) is 2.22. The summed E-state index contributed by atoms with van der Waals surface area (Å²) in [5.41, 5.74) is 12.1. The van der Waals surface area contributed by atoms with Crippen LogP contribution in [0.2, 0.25) is 5.02 Å². The van der Waals surface area contributed by atoms with Crippen molar-refractivity contribution >= 4 is 29.1 Å². The van der Waals surface area contributed by atoms with Crippen molar-refractivity contribution in [2.24, 2.45) is 11.5 Å². The molecule has 2 amide bonds. The second-order valence-corrected chi connectivity index (χ2v) is 3.21. The molecular weight excluding hydrogens is 244 g/mol. The molecule has 1 aromatic carbocycles. The van der Waals surface area contributed by atoms with Crippen LogP contribution in [0, 0.1) is 11.6 Å². The molecule has 0 heterocycles. The number of nitrogen functional groups attached to an aromatic ring is 1. The molecule has 0 spiro atoms. The first-order valence-corrected chi connectivity index (χ1v) is 4.22. The average molecular weight is 250 g/mol. The molecule has 16 heavy (non-hydrogen) atoms. The molecule has 0 aliphatic rings. The van der Waals surface area contributed by atoms with Crippen LogP contribution in [0.3, 0.4) is 0 Å². The Labute approximate surface area is 93.1 Å². The van der Waals surface area contributed by atoms with Crippen LogP contribution in [-0.4, -0.2) is 11.8 Å². The molecule has 6 N–H and O–H groups in total. The topological polar surface area (TPSA) is 112 Å². The second kappa shape index (κ2) is 3.93. The van der Waals surface area contributed by atoms with Crippen LogP contribution in [0.15, 0.2) is 0 Å². The molecule has 0 bridgehead atoms. The zero-order valence-electron chi connectivity index (χ0n) is 7.68. The lowest BCUT2D eigenvalue weighted by molar-refractivity contribution is 0.0991. The van der Waals surface area contributed by atoms with E-state index < -0.39 is 45.3 Å². The van der Waals surface area contributed by atoms with Crippen molar-refractivity contribution in [1.82, 2.24) is 0 Å². The van der Waals surface area contributed by atoms with Gasteiger partial charge in [0.1, 0.15) is 16.1 Å². The van der Waals surface area contributed by atoms with E-state index in [9.17, 15) is 18.4 Å². The Bertz CT molecular complexity index is 464. The molecule has 1 rings (SSSR count). The summed E-state index contributed by atoms with van der Waals surface area (Å²) in [7, 11) is 0. The van der Waals surface area contributed by atoms with Crippen LogP contribution >= 0.6 is 11.6 Å². The molecule has 0 atom stereocenters. The summed E-state index contributed by atoms with van der Waals surface area (Å²) >= 11 is 5.37. The summed E-state index contributed by atoms with van der Waals surface area (Å²) in [5.74, 6) is -5.63. The number of rotatable bonds is 2. The highest BCUT2D eigenvalue weighted by atomic mass is 35.5. The summed E-state index contributed by atoms with van der Waals surface area (Å²) in [4.78, 5) is 21.6. The summed E-state index contributed by atoms with van der Waals surface area (Å²) in [6.07, 6.45) is 0. The Kier molecular flexibility index (Phi) is 2.99. The Balaban J connectivity index is 3.80. The zero-order valence-corrected chi connectivity index (χ0v) is 8.44. The summed E-state index contributed by atoms with van der Waals surface area (Å²) in [5, 5.41) is -0.774. The van der Waals surface area contributed by atoms with Gasteiger partial charge in [-0.05, 0) is 0 Å². The fourth-order valence-electron chi connectivity index (χ4n) is 1.13. The summed E-state index contributed by atoms with van der Waals surface area (Å²) in [6, 6.07) is 0. The Hall–Kier alpha value is -1.89. The van der Waals surface area contributed by atoms with E-state index >= 15 is 0 Å². The number of hydrogen-bond donors (Lipinski definition) is 3. The van der Waals surface area contributed by atoms with Gasteiger partial charge in [0, 0.05) is 0 Å². The smallest absolute Gasteiger partial charge is 0.254 e.